The predicted molar refractivity (Wildman–Crippen MR) is 59.4 cm³/mol. The molecule has 0 aromatic rings. The molecule has 0 aromatic heterocycles. The molecule has 0 saturated carbocycles. The zero-order valence-corrected chi connectivity index (χ0v) is 9.98. The van der Waals surface area contributed by atoms with Gasteiger partial charge in [-0.15, -0.1) is 0 Å². The first-order chi connectivity index (χ1) is 8.18. The van der Waals surface area contributed by atoms with Crippen LogP contribution < -0.4 is 0 Å². The van der Waals surface area contributed by atoms with Gasteiger partial charge in [-0.2, -0.15) is 0 Å². The number of carbonyl (C=O) groups is 2. The highest BCUT2D eigenvalue weighted by molar-refractivity contribution is 6.32. The molecule has 0 bridgehead atoms. The summed E-state index contributed by atoms with van der Waals surface area (Å²) >= 11 is 0. The van der Waals surface area contributed by atoms with E-state index in [1.807, 2.05) is 0 Å². The third-order valence-corrected chi connectivity index (χ3v) is 1.58. The van der Waals surface area contributed by atoms with E-state index in [1.165, 1.54) is 6.26 Å². The fourth-order valence-corrected chi connectivity index (χ4v) is 0.807. The summed E-state index contributed by atoms with van der Waals surface area (Å²) in [7, 11) is 0. The van der Waals surface area contributed by atoms with Crippen molar-refractivity contribution in [3.05, 3.63) is 12.8 Å². The molecular weight excluding hydrogens is 228 g/mol. The molecule has 0 N–H and O–H groups in total. The van der Waals surface area contributed by atoms with E-state index in [0.29, 0.717) is 26.4 Å². The highest BCUT2D eigenvalue weighted by Gasteiger charge is 2.07. The Bertz CT molecular complexity index is 238. The van der Waals surface area contributed by atoms with Crippen molar-refractivity contribution in [1.29, 1.82) is 0 Å². The van der Waals surface area contributed by atoms with Crippen molar-refractivity contribution in [1.82, 2.24) is 0 Å². The lowest BCUT2D eigenvalue weighted by molar-refractivity contribution is -0.154. The monoisotopic (exact) mass is 246 g/mol. The SMILES string of the molecule is C=COCCOCCOCCOC(=O)C(C)=O. The number of ketones is 1. The van der Waals surface area contributed by atoms with Gasteiger partial charge in [0.2, 0.25) is 5.78 Å². The number of hydrogen-bond acceptors (Lipinski definition) is 6. The zero-order chi connectivity index (χ0) is 12.9. The summed E-state index contributed by atoms with van der Waals surface area (Å²) in [5.74, 6) is -1.46. The molecule has 6 heteroatoms. The van der Waals surface area contributed by atoms with Crippen LogP contribution in [-0.2, 0) is 28.5 Å². The molecule has 0 saturated heterocycles. The van der Waals surface area contributed by atoms with Gasteiger partial charge in [0.1, 0.15) is 13.2 Å². The third kappa shape index (κ3) is 10.9. The predicted octanol–water partition coefficient (Wildman–Crippen LogP) is 0.312. The van der Waals surface area contributed by atoms with Gasteiger partial charge in [0.05, 0.1) is 32.7 Å². The Kier molecular flexibility index (Phi) is 10.2. The Morgan fingerprint density at radius 2 is 1.53 bits per heavy atom. The maximum atomic E-state index is 10.7. The minimum absolute atomic E-state index is 0.0674. The quantitative estimate of drug-likeness (QED) is 0.226. The van der Waals surface area contributed by atoms with Crippen LogP contribution in [0.25, 0.3) is 0 Å². The van der Waals surface area contributed by atoms with Gasteiger partial charge in [0, 0.05) is 6.92 Å². The van der Waals surface area contributed by atoms with Gasteiger partial charge >= 0.3 is 5.97 Å². The fourth-order valence-electron chi connectivity index (χ4n) is 0.807. The molecule has 0 amide bonds. The number of rotatable bonds is 11. The van der Waals surface area contributed by atoms with E-state index >= 15 is 0 Å². The van der Waals surface area contributed by atoms with Crippen LogP contribution in [-0.4, -0.2) is 51.4 Å². The van der Waals surface area contributed by atoms with Gasteiger partial charge < -0.3 is 18.9 Å². The van der Waals surface area contributed by atoms with E-state index < -0.39 is 11.8 Å². The van der Waals surface area contributed by atoms with Crippen molar-refractivity contribution in [3.8, 4) is 0 Å². The minimum atomic E-state index is -0.841. The van der Waals surface area contributed by atoms with E-state index in [4.69, 9.17) is 14.2 Å². The summed E-state index contributed by atoms with van der Waals surface area (Å²) in [6.07, 6.45) is 1.35. The molecule has 0 aliphatic heterocycles. The Hall–Kier alpha value is -1.40. The first-order valence-electron chi connectivity index (χ1n) is 5.24. The number of Topliss-reactive ketones (excluding diaryl/α,β-unsaturated/α-hetero) is 1. The molecule has 0 fully saturated rings. The molecule has 0 aromatic carbocycles. The van der Waals surface area contributed by atoms with Crippen LogP contribution in [0.2, 0.25) is 0 Å². The molecule has 0 atom stereocenters. The van der Waals surface area contributed by atoms with E-state index in [2.05, 4.69) is 11.3 Å². The first kappa shape index (κ1) is 15.6. The molecular formula is C11H18O6. The molecule has 98 valence electrons. The van der Waals surface area contributed by atoms with Crippen molar-refractivity contribution < 1.29 is 28.5 Å². The minimum Gasteiger partial charge on any atom is -0.499 e. The molecule has 6 nitrogen and oxygen atoms in total. The summed E-state index contributed by atoms with van der Waals surface area (Å²) < 4.78 is 19.7. The Morgan fingerprint density at radius 1 is 1.00 bits per heavy atom. The lowest BCUT2D eigenvalue weighted by Crippen LogP contribution is -2.17. The van der Waals surface area contributed by atoms with Gasteiger partial charge in [-0.05, 0) is 0 Å². The van der Waals surface area contributed by atoms with Gasteiger partial charge in [0.25, 0.3) is 0 Å². The van der Waals surface area contributed by atoms with Crippen LogP contribution in [0.5, 0.6) is 0 Å². The van der Waals surface area contributed by atoms with E-state index in [1.54, 1.807) is 0 Å². The van der Waals surface area contributed by atoms with Gasteiger partial charge in [-0.3, -0.25) is 4.79 Å². The highest BCUT2D eigenvalue weighted by Crippen LogP contribution is 1.84. The molecule has 0 radical (unpaired) electrons. The van der Waals surface area contributed by atoms with Crippen molar-refractivity contribution in [2.45, 2.75) is 6.92 Å². The van der Waals surface area contributed by atoms with Crippen LogP contribution >= 0.6 is 0 Å². The van der Waals surface area contributed by atoms with Crippen LogP contribution in [0.3, 0.4) is 0 Å². The number of hydrogen-bond donors (Lipinski definition) is 0. The third-order valence-electron chi connectivity index (χ3n) is 1.58. The topological polar surface area (TPSA) is 71.1 Å². The number of esters is 1. The summed E-state index contributed by atoms with van der Waals surface area (Å²) in [5, 5.41) is 0. The second-order valence-corrected chi connectivity index (χ2v) is 2.95. The Morgan fingerprint density at radius 3 is 2.06 bits per heavy atom. The average molecular weight is 246 g/mol. The first-order valence-corrected chi connectivity index (χ1v) is 5.24. The second-order valence-electron chi connectivity index (χ2n) is 2.95. The number of carbonyl (C=O) groups excluding carboxylic acids is 2. The van der Waals surface area contributed by atoms with Crippen molar-refractivity contribution >= 4 is 11.8 Å². The second kappa shape index (κ2) is 11.1. The summed E-state index contributed by atoms with van der Waals surface area (Å²) in [6, 6.07) is 0. The summed E-state index contributed by atoms with van der Waals surface area (Å²) in [6.45, 7) is 6.60. The maximum absolute atomic E-state index is 10.7. The fraction of sp³-hybridized carbons (Fsp3) is 0.636. The van der Waals surface area contributed by atoms with Crippen molar-refractivity contribution in [2.24, 2.45) is 0 Å². The van der Waals surface area contributed by atoms with Gasteiger partial charge in [-0.1, -0.05) is 6.58 Å². The molecule has 17 heavy (non-hydrogen) atoms. The lowest BCUT2D eigenvalue weighted by atomic mass is 10.5. The lowest BCUT2D eigenvalue weighted by Gasteiger charge is -2.06. The number of ether oxygens (including phenoxy) is 4. The molecule has 0 aliphatic carbocycles. The summed E-state index contributed by atoms with van der Waals surface area (Å²) in [5.41, 5.74) is 0. The van der Waals surface area contributed by atoms with Crippen molar-refractivity contribution in [2.75, 3.05) is 39.6 Å². The van der Waals surface area contributed by atoms with Gasteiger partial charge in [-0.25, -0.2) is 4.79 Å². The van der Waals surface area contributed by atoms with Crippen LogP contribution in [0.15, 0.2) is 12.8 Å². The largest absolute Gasteiger partial charge is 0.499 e. The van der Waals surface area contributed by atoms with Crippen LogP contribution in [0.4, 0.5) is 0 Å². The van der Waals surface area contributed by atoms with Crippen molar-refractivity contribution in [3.63, 3.8) is 0 Å². The normalized spacial score (nSPS) is 9.71. The average Bonchev–Trinajstić information content (AvgIpc) is 2.31. The standard InChI is InChI=1S/C11H18O6/c1-3-14-4-5-15-6-7-16-8-9-17-11(13)10(2)12/h3H,1,4-9H2,2H3. The van der Waals surface area contributed by atoms with E-state index in [0.717, 1.165) is 6.92 Å². The van der Waals surface area contributed by atoms with Crippen LogP contribution in [0, 0.1) is 0 Å². The van der Waals surface area contributed by atoms with E-state index in [9.17, 15) is 9.59 Å². The van der Waals surface area contributed by atoms with Crippen LogP contribution in [0.1, 0.15) is 6.92 Å². The molecule has 0 spiro atoms. The van der Waals surface area contributed by atoms with E-state index in [-0.39, 0.29) is 13.2 Å². The smallest absolute Gasteiger partial charge is 0.374 e. The maximum Gasteiger partial charge on any atom is 0.374 e. The zero-order valence-electron chi connectivity index (χ0n) is 9.98. The molecule has 0 heterocycles. The molecule has 0 aliphatic rings. The Labute approximate surface area is 100 Å². The molecule has 0 unspecified atom stereocenters. The molecule has 0 rings (SSSR count). The van der Waals surface area contributed by atoms with Gasteiger partial charge in [0.15, 0.2) is 0 Å². The summed E-state index contributed by atoms with van der Waals surface area (Å²) in [4.78, 5) is 21.2. The highest BCUT2D eigenvalue weighted by atomic mass is 16.6. The Balaban J connectivity index is 3.11.